The highest BCUT2D eigenvalue weighted by Crippen LogP contribution is 2.23. The molecule has 1 unspecified atom stereocenters. The Kier molecular flexibility index (Phi) is 8.23. The van der Waals surface area contributed by atoms with Crippen molar-refractivity contribution in [3.63, 3.8) is 0 Å². The number of aryl methyl sites for hydroxylation is 1. The Bertz CT molecular complexity index is 1180. The summed E-state index contributed by atoms with van der Waals surface area (Å²) in [5, 5.41) is 13.2. The molecule has 0 heterocycles. The van der Waals surface area contributed by atoms with Crippen LogP contribution in [0, 0.1) is 22.9 Å². The fraction of sp³-hybridized carbons (Fsp3) is 0.333. The van der Waals surface area contributed by atoms with E-state index in [9.17, 15) is 32.5 Å². The second kappa shape index (κ2) is 10.5. The molecule has 0 saturated carbocycles. The minimum Gasteiger partial charge on any atom is -0.449 e. The van der Waals surface area contributed by atoms with Gasteiger partial charge in [0.25, 0.3) is 5.91 Å². The van der Waals surface area contributed by atoms with Crippen LogP contribution in [0.3, 0.4) is 0 Å². The van der Waals surface area contributed by atoms with Crippen LogP contribution in [-0.2, 0) is 19.6 Å². The van der Waals surface area contributed by atoms with Gasteiger partial charge in [-0.3, -0.25) is 14.9 Å². The molecule has 1 atom stereocenters. The van der Waals surface area contributed by atoms with Crippen molar-refractivity contribution in [3.05, 3.63) is 63.5 Å². The predicted octanol–water partition coefficient (Wildman–Crippen LogP) is 3.26. The summed E-state index contributed by atoms with van der Waals surface area (Å²) in [5.74, 6) is -2.79. The van der Waals surface area contributed by atoms with Crippen LogP contribution in [-0.4, -0.2) is 48.7 Å². The average molecular weight is 482 g/mol. The third kappa shape index (κ3) is 5.90. The minimum atomic E-state index is -3.81. The number of anilines is 1. The van der Waals surface area contributed by atoms with Gasteiger partial charge >= 0.3 is 11.7 Å². The highest BCUT2D eigenvalue weighted by molar-refractivity contribution is 7.89. The van der Waals surface area contributed by atoms with Crippen molar-refractivity contribution in [1.29, 1.82) is 0 Å². The molecule has 1 N–H and O–H groups in total. The summed E-state index contributed by atoms with van der Waals surface area (Å²) in [4.78, 5) is 34.9. The van der Waals surface area contributed by atoms with Crippen molar-refractivity contribution in [2.75, 3.05) is 18.4 Å². The molecule has 12 heteroatoms. The number of hydrogen-bond donors (Lipinski definition) is 1. The Morgan fingerprint density at radius 2 is 1.82 bits per heavy atom. The van der Waals surface area contributed by atoms with Crippen LogP contribution in [0.1, 0.15) is 36.7 Å². The SMILES string of the molecule is CCN(CC)S(=O)(=O)c1ccc(C)c(C(=O)OC(C)C(=O)Nc2ccc(F)c([N+](=O)[O-])c2)c1. The van der Waals surface area contributed by atoms with E-state index in [1.165, 1.54) is 29.4 Å². The van der Waals surface area contributed by atoms with Crippen molar-refractivity contribution in [2.24, 2.45) is 0 Å². The van der Waals surface area contributed by atoms with Gasteiger partial charge in [-0.25, -0.2) is 13.2 Å². The number of carbonyl (C=O) groups excluding carboxylic acids is 2. The molecule has 0 aromatic heterocycles. The molecule has 33 heavy (non-hydrogen) atoms. The van der Waals surface area contributed by atoms with Gasteiger partial charge in [-0.1, -0.05) is 19.9 Å². The topological polar surface area (TPSA) is 136 Å². The zero-order chi connectivity index (χ0) is 24.9. The van der Waals surface area contributed by atoms with Crippen LogP contribution in [0.5, 0.6) is 0 Å². The molecule has 178 valence electrons. The zero-order valence-corrected chi connectivity index (χ0v) is 19.3. The predicted molar refractivity (Wildman–Crippen MR) is 118 cm³/mol. The molecule has 0 bridgehead atoms. The fourth-order valence-electron chi connectivity index (χ4n) is 2.95. The molecular weight excluding hydrogens is 457 g/mol. The van der Waals surface area contributed by atoms with Gasteiger partial charge in [-0.2, -0.15) is 8.70 Å². The molecule has 0 fully saturated rings. The quantitative estimate of drug-likeness (QED) is 0.330. The molecule has 0 aliphatic carbocycles. The van der Waals surface area contributed by atoms with Gasteiger partial charge in [0.15, 0.2) is 6.10 Å². The van der Waals surface area contributed by atoms with E-state index in [0.29, 0.717) is 5.56 Å². The van der Waals surface area contributed by atoms with E-state index in [-0.39, 0.29) is 29.2 Å². The minimum absolute atomic E-state index is 0.0275. The van der Waals surface area contributed by atoms with Crippen molar-refractivity contribution < 1.29 is 32.1 Å². The number of ether oxygens (including phenoxy) is 1. The summed E-state index contributed by atoms with van der Waals surface area (Å²) in [5.41, 5.74) is -0.459. The largest absolute Gasteiger partial charge is 0.449 e. The third-order valence-corrected chi connectivity index (χ3v) is 6.88. The van der Waals surface area contributed by atoms with Crippen molar-refractivity contribution in [3.8, 4) is 0 Å². The van der Waals surface area contributed by atoms with Crippen LogP contribution in [0.4, 0.5) is 15.8 Å². The molecular formula is C21H24FN3O7S. The van der Waals surface area contributed by atoms with Gasteiger partial charge in [0, 0.05) is 24.8 Å². The van der Waals surface area contributed by atoms with Gasteiger partial charge in [0.1, 0.15) is 0 Å². The molecule has 2 rings (SSSR count). The Hall–Kier alpha value is -3.38. The number of nitrogens with one attached hydrogen (secondary N) is 1. The Morgan fingerprint density at radius 1 is 1.18 bits per heavy atom. The normalized spacial score (nSPS) is 12.3. The number of rotatable bonds is 9. The number of nitro benzene ring substituents is 1. The maximum atomic E-state index is 13.5. The van der Waals surface area contributed by atoms with E-state index in [0.717, 1.165) is 18.2 Å². The van der Waals surface area contributed by atoms with Crippen LogP contribution in [0.25, 0.3) is 0 Å². The first-order valence-corrected chi connectivity index (χ1v) is 11.4. The van der Waals surface area contributed by atoms with Crippen molar-refractivity contribution in [2.45, 2.75) is 38.7 Å². The summed E-state index contributed by atoms with van der Waals surface area (Å²) in [6.45, 7) is 6.77. The lowest BCUT2D eigenvalue weighted by Crippen LogP contribution is -2.31. The lowest BCUT2D eigenvalue weighted by molar-refractivity contribution is -0.387. The molecule has 0 radical (unpaired) electrons. The van der Waals surface area contributed by atoms with E-state index in [1.807, 2.05) is 0 Å². The van der Waals surface area contributed by atoms with Crippen molar-refractivity contribution >= 4 is 33.3 Å². The number of carbonyl (C=O) groups is 2. The summed E-state index contributed by atoms with van der Waals surface area (Å²) < 4.78 is 45.4. The van der Waals surface area contributed by atoms with Gasteiger partial charge in [-0.05, 0) is 43.7 Å². The monoisotopic (exact) mass is 481 g/mol. The molecule has 0 aliphatic rings. The summed E-state index contributed by atoms with van der Waals surface area (Å²) in [6.07, 6.45) is -1.33. The molecule has 1 amide bonds. The Labute approximate surface area is 190 Å². The number of halogens is 1. The Balaban J connectivity index is 2.20. The smallest absolute Gasteiger partial charge is 0.339 e. The number of nitrogens with zero attached hydrogens (tertiary/aromatic N) is 2. The van der Waals surface area contributed by atoms with E-state index >= 15 is 0 Å². The van der Waals surface area contributed by atoms with E-state index < -0.39 is 44.4 Å². The number of hydrogen-bond acceptors (Lipinski definition) is 7. The molecule has 0 saturated heterocycles. The number of sulfonamides is 1. The lowest BCUT2D eigenvalue weighted by Gasteiger charge is -2.19. The van der Waals surface area contributed by atoms with E-state index in [4.69, 9.17) is 4.74 Å². The average Bonchev–Trinajstić information content (AvgIpc) is 2.75. The number of nitro groups is 1. The first kappa shape index (κ1) is 25.9. The van der Waals surface area contributed by atoms with Gasteiger partial charge in [0.2, 0.25) is 15.8 Å². The lowest BCUT2D eigenvalue weighted by atomic mass is 10.1. The van der Waals surface area contributed by atoms with Gasteiger partial charge in [-0.15, -0.1) is 0 Å². The van der Waals surface area contributed by atoms with Gasteiger partial charge < -0.3 is 10.1 Å². The highest BCUT2D eigenvalue weighted by atomic mass is 32.2. The maximum Gasteiger partial charge on any atom is 0.339 e. The zero-order valence-electron chi connectivity index (χ0n) is 18.5. The van der Waals surface area contributed by atoms with E-state index in [2.05, 4.69) is 5.32 Å². The molecule has 10 nitrogen and oxygen atoms in total. The third-order valence-electron chi connectivity index (χ3n) is 4.84. The molecule has 0 spiro atoms. The fourth-order valence-corrected chi connectivity index (χ4v) is 4.43. The van der Waals surface area contributed by atoms with Crippen LogP contribution in [0.15, 0.2) is 41.3 Å². The first-order valence-electron chi connectivity index (χ1n) is 9.98. The molecule has 0 aliphatic heterocycles. The summed E-state index contributed by atoms with van der Waals surface area (Å²) >= 11 is 0. The number of esters is 1. The van der Waals surface area contributed by atoms with Gasteiger partial charge in [0.05, 0.1) is 15.4 Å². The summed E-state index contributed by atoms with van der Waals surface area (Å²) in [7, 11) is -3.81. The number of amides is 1. The second-order valence-electron chi connectivity index (χ2n) is 7.03. The van der Waals surface area contributed by atoms with Crippen molar-refractivity contribution in [1.82, 2.24) is 4.31 Å². The molecule has 2 aromatic rings. The Morgan fingerprint density at radius 3 is 2.39 bits per heavy atom. The van der Waals surface area contributed by atoms with Crippen LogP contribution >= 0.6 is 0 Å². The second-order valence-corrected chi connectivity index (χ2v) is 8.96. The van der Waals surface area contributed by atoms with Crippen LogP contribution < -0.4 is 5.32 Å². The van der Waals surface area contributed by atoms with Crippen LogP contribution in [0.2, 0.25) is 0 Å². The summed E-state index contributed by atoms with van der Waals surface area (Å²) in [6, 6.07) is 6.84. The first-order chi connectivity index (χ1) is 15.4. The molecule has 2 aromatic carbocycles. The van der Waals surface area contributed by atoms with E-state index in [1.54, 1.807) is 20.8 Å². The number of benzene rings is 2. The standard InChI is InChI=1S/C21H24FN3O7S/c1-5-24(6-2)33(30,31)16-9-7-13(3)17(12-16)21(27)32-14(4)20(26)23-15-8-10-18(22)19(11-15)25(28)29/h7-12,14H,5-6H2,1-4H3,(H,23,26). The maximum absolute atomic E-state index is 13.5. The highest BCUT2D eigenvalue weighted by Gasteiger charge is 2.26.